The topological polar surface area (TPSA) is 56.8 Å². The smallest absolute Gasteiger partial charge is 0.255 e. The quantitative estimate of drug-likeness (QED) is 0.926. The van der Waals surface area contributed by atoms with Gasteiger partial charge in [0.1, 0.15) is 19.0 Å². The molecule has 0 atom stereocenters. The Morgan fingerprint density at radius 1 is 0.870 bits per heavy atom. The molecular weight excluding hydrogens is 294 g/mol. The highest BCUT2D eigenvalue weighted by Gasteiger charge is 2.16. The third-order valence-corrected chi connectivity index (χ3v) is 3.97. The van der Waals surface area contributed by atoms with Gasteiger partial charge in [0.25, 0.3) is 5.91 Å². The zero-order valence-corrected chi connectivity index (χ0v) is 12.6. The number of carbonyl (C=O) groups excluding carboxylic acids is 1. The number of anilines is 1. The lowest BCUT2D eigenvalue weighted by atomic mass is 10.0. The monoisotopic (exact) mass is 311 g/mol. The number of nitrogens with one attached hydrogen (secondary N) is 1. The molecule has 5 nitrogen and oxygen atoms in total. The molecule has 1 amide bonds. The van der Waals surface area contributed by atoms with Crippen molar-refractivity contribution in [2.24, 2.45) is 0 Å². The van der Waals surface area contributed by atoms with E-state index >= 15 is 0 Å². The SMILES string of the molecule is O=C(Nc1ccc2c(c1)OCCO2)c1ccc2c(c1)CCCO2. The van der Waals surface area contributed by atoms with Crippen LogP contribution in [0.25, 0.3) is 0 Å². The van der Waals surface area contributed by atoms with E-state index in [-0.39, 0.29) is 5.91 Å². The van der Waals surface area contributed by atoms with E-state index in [1.807, 2.05) is 24.3 Å². The molecule has 2 aromatic rings. The van der Waals surface area contributed by atoms with Gasteiger partial charge in [-0.25, -0.2) is 0 Å². The molecule has 4 rings (SSSR count). The minimum absolute atomic E-state index is 0.143. The molecule has 0 aromatic heterocycles. The van der Waals surface area contributed by atoms with Gasteiger partial charge in [-0.1, -0.05) is 0 Å². The minimum atomic E-state index is -0.143. The fraction of sp³-hybridized carbons (Fsp3) is 0.278. The number of ether oxygens (including phenoxy) is 3. The maximum absolute atomic E-state index is 12.4. The summed E-state index contributed by atoms with van der Waals surface area (Å²) < 4.78 is 16.6. The molecule has 0 aliphatic carbocycles. The predicted molar refractivity (Wildman–Crippen MR) is 85.6 cm³/mol. The largest absolute Gasteiger partial charge is 0.493 e. The first-order chi connectivity index (χ1) is 11.3. The third kappa shape index (κ3) is 2.82. The molecule has 23 heavy (non-hydrogen) atoms. The van der Waals surface area contributed by atoms with E-state index in [1.165, 1.54) is 0 Å². The zero-order valence-electron chi connectivity index (χ0n) is 12.6. The van der Waals surface area contributed by atoms with Crippen LogP contribution in [0, 0.1) is 0 Å². The average molecular weight is 311 g/mol. The normalized spacial score (nSPS) is 15.3. The van der Waals surface area contributed by atoms with Gasteiger partial charge in [0.05, 0.1) is 6.61 Å². The van der Waals surface area contributed by atoms with Gasteiger partial charge in [-0.2, -0.15) is 0 Å². The highest BCUT2D eigenvalue weighted by molar-refractivity contribution is 6.04. The van der Waals surface area contributed by atoms with Crippen LogP contribution in [-0.4, -0.2) is 25.7 Å². The number of hydrogen-bond acceptors (Lipinski definition) is 4. The second kappa shape index (κ2) is 5.83. The molecule has 2 aliphatic heterocycles. The molecule has 2 heterocycles. The second-order valence-electron chi connectivity index (χ2n) is 5.59. The van der Waals surface area contributed by atoms with Crippen molar-refractivity contribution in [1.82, 2.24) is 0 Å². The molecule has 118 valence electrons. The fourth-order valence-corrected chi connectivity index (χ4v) is 2.83. The van der Waals surface area contributed by atoms with Crippen molar-refractivity contribution in [2.45, 2.75) is 12.8 Å². The molecule has 0 fully saturated rings. The summed E-state index contributed by atoms with van der Waals surface area (Å²) in [7, 11) is 0. The van der Waals surface area contributed by atoms with Gasteiger partial charge < -0.3 is 19.5 Å². The van der Waals surface area contributed by atoms with Crippen LogP contribution in [0.2, 0.25) is 0 Å². The number of carbonyl (C=O) groups is 1. The summed E-state index contributed by atoms with van der Waals surface area (Å²) in [4.78, 5) is 12.4. The minimum Gasteiger partial charge on any atom is -0.493 e. The van der Waals surface area contributed by atoms with Crippen molar-refractivity contribution in [1.29, 1.82) is 0 Å². The Labute approximate surface area is 134 Å². The van der Waals surface area contributed by atoms with E-state index in [2.05, 4.69) is 5.32 Å². The molecule has 1 N–H and O–H groups in total. The lowest BCUT2D eigenvalue weighted by Gasteiger charge is -2.19. The first-order valence-corrected chi connectivity index (χ1v) is 7.76. The van der Waals surface area contributed by atoms with Gasteiger partial charge in [0.15, 0.2) is 11.5 Å². The molecule has 2 aliphatic rings. The fourth-order valence-electron chi connectivity index (χ4n) is 2.83. The summed E-state index contributed by atoms with van der Waals surface area (Å²) in [5.41, 5.74) is 2.41. The van der Waals surface area contributed by atoms with Crippen LogP contribution in [0.3, 0.4) is 0 Å². The van der Waals surface area contributed by atoms with E-state index in [0.717, 1.165) is 30.8 Å². The van der Waals surface area contributed by atoms with E-state index in [0.29, 0.717) is 36.0 Å². The van der Waals surface area contributed by atoms with Crippen molar-refractivity contribution in [2.75, 3.05) is 25.1 Å². The highest BCUT2D eigenvalue weighted by Crippen LogP contribution is 2.33. The maximum atomic E-state index is 12.4. The molecule has 0 bridgehead atoms. The predicted octanol–water partition coefficient (Wildman–Crippen LogP) is 3.04. The summed E-state index contributed by atoms with van der Waals surface area (Å²) in [6, 6.07) is 11.0. The molecule has 0 saturated heterocycles. The van der Waals surface area contributed by atoms with E-state index in [9.17, 15) is 4.79 Å². The van der Waals surface area contributed by atoms with Crippen LogP contribution in [-0.2, 0) is 6.42 Å². The zero-order chi connectivity index (χ0) is 15.6. The van der Waals surface area contributed by atoms with Crippen molar-refractivity contribution in [3.8, 4) is 17.2 Å². The molecule has 0 saturated carbocycles. The molecule has 2 aromatic carbocycles. The number of fused-ring (bicyclic) bond motifs is 2. The Hall–Kier alpha value is -2.69. The van der Waals surface area contributed by atoms with Crippen molar-refractivity contribution in [3.63, 3.8) is 0 Å². The molecule has 0 unspecified atom stereocenters. The van der Waals surface area contributed by atoms with Gasteiger partial charge in [0, 0.05) is 17.3 Å². The van der Waals surface area contributed by atoms with Crippen molar-refractivity contribution >= 4 is 11.6 Å². The number of hydrogen-bond donors (Lipinski definition) is 1. The van der Waals surface area contributed by atoms with Crippen LogP contribution in [0.1, 0.15) is 22.3 Å². The van der Waals surface area contributed by atoms with Crippen LogP contribution in [0.15, 0.2) is 36.4 Å². The average Bonchev–Trinajstić information content (AvgIpc) is 2.61. The van der Waals surface area contributed by atoms with Gasteiger partial charge in [-0.15, -0.1) is 0 Å². The van der Waals surface area contributed by atoms with Crippen molar-refractivity contribution in [3.05, 3.63) is 47.5 Å². The number of benzene rings is 2. The standard InChI is InChI=1S/C18H17NO4/c20-18(13-3-5-15-12(10-13)2-1-7-21-15)19-14-4-6-16-17(11-14)23-9-8-22-16/h3-6,10-11H,1-2,7-9H2,(H,19,20). The first-order valence-electron chi connectivity index (χ1n) is 7.76. The number of amides is 1. The number of aryl methyl sites for hydroxylation is 1. The van der Waals surface area contributed by atoms with Gasteiger partial charge >= 0.3 is 0 Å². The second-order valence-corrected chi connectivity index (χ2v) is 5.59. The Balaban J connectivity index is 1.53. The Kier molecular flexibility index (Phi) is 3.54. The van der Waals surface area contributed by atoms with Crippen LogP contribution >= 0.6 is 0 Å². The Morgan fingerprint density at radius 3 is 2.57 bits per heavy atom. The summed E-state index contributed by atoms with van der Waals surface area (Å²) in [6.07, 6.45) is 1.93. The van der Waals surface area contributed by atoms with E-state index in [1.54, 1.807) is 12.1 Å². The maximum Gasteiger partial charge on any atom is 0.255 e. The first kappa shape index (κ1) is 13.9. The summed E-state index contributed by atoms with van der Waals surface area (Å²) in [5, 5.41) is 2.90. The Bertz CT molecular complexity index is 757. The molecular formula is C18H17NO4. The highest BCUT2D eigenvalue weighted by atomic mass is 16.6. The summed E-state index contributed by atoms with van der Waals surface area (Å²) in [5.74, 6) is 2.11. The summed E-state index contributed by atoms with van der Waals surface area (Å²) >= 11 is 0. The van der Waals surface area contributed by atoms with Gasteiger partial charge in [-0.3, -0.25) is 4.79 Å². The van der Waals surface area contributed by atoms with E-state index < -0.39 is 0 Å². The van der Waals surface area contributed by atoms with Crippen LogP contribution < -0.4 is 19.5 Å². The van der Waals surface area contributed by atoms with Crippen LogP contribution in [0.5, 0.6) is 17.2 Å². The lowest BCUT2D eigenvalue weighted by Crippen LogP contribution is -2.17. The van der Waals surface area contributed by atoms with Gasteiger partial charge in [0.2, 0.25) is 0 Å². The van der Waals surface area contributed by atoms with Crippen molar-refractivity contribution < 1.29 is 19.0 Å². The Morgan fingerprint density at radius 2 is 1.65 bits per heavy atom. The third-order valence-electron chi connectivity index (χ3n) is 3.97. The van der Waals surface area contributed by atoms with E-state index in [4.69, 9.17) is 14.2 Å². The lowest BCUT2D eigenvalue weighted by molar-refractivity contribution is 0.102. The molecule has 0 radical (unpaired) electrons. The summed E-state index contributed by atoms with van der Waals surface area (Å²) in [6.45, 7) is 1.82. The van der Waals surface area contributed by atoms with Gasteiger partial charge in [-0.05, 0) is 48.7 Å². The van der Waals surface area contributed by atoms with Crippen LogP contribution in [0.4, 0.5) is 5.69 Å². The molecule has 5 heteroatoms. The molecule has 0 spiro atoms. The number of rotatable bonds is 2.